The maximum absolute atomic E-state index is 12.5. The predicted molar refractivity (Wildman–Crippen MR) is 104 cm³/mol. The average Bonchev–Trinajstić information content (AvgIpc) is 2.91. The van der Waals surface area contributed by atoms with Gasteiger partial charge in [0.2, 0.25) is 5.91 Å². The van der Waals surface area contributed by atoms with Gasteiger partial charge in [-0.2, -0.15) is 5.10 Å². The van der Waals surface area contributed by atoms with E-state index in [2.05, 4.69) is 15.5 Å². The van der Waals surface area contributed by atoms with Crippen LogP contribution < -0.4 is 10.9 Å². The number of nitrogens with one attached hydrogen (secondary N) is 1. The zero-order valence-electron chi connectivity index (χ0n) is 16.2. The van der Waals surface area contributed by atoms with Gasteiger partial charge in [-0.1, -0.05) is 17.7 Å². The second-order valence-corrected chi connectivity index (χ2v) is 6.85. The van der Waals surface area contributed by atoms with E-state index in [1.807, 2.05) is 52.8 Å². The third-order valence-corrected chi connectivity index (χ3v) is 4.31. The third kappa shape index (κ3) is 3.97. The molecule has 7 nitrogen and oxygen atoms in total. The Morgan fingerprint density at radius 3 is 2.26 bits per heavy atom. The molecule has 1 aromatic carbocycles. The first-order valence-electron chi connectivity index (χ1n) is 8.74. The molecule has 3 aromatic rings. The van der Waals surface area contributed by atoms with Gasteiger partial charge >= 0.3 is 0 Å². The molecule has 0 aliphatic heterocycles. The van der Waals surface area contributed by atoms with Crippen LogP contribution in [0.25, 0.3) is 5.82 Å². The molecule has 0 saturated carbocycles. The normalized spacial score (nSPS) is 10.9. The molecule has 0 fully saturated rings. The minimum atomic E-state index is -0.340. The van der Waals surface area contributed by atoms with Crippen LogP contribution >= 0.6 is 0 Å². The highest BCUT2D eigenvalue weighted by Crippen LogP contribution is 2.21. The summed E-state index contributed by atoms with van der Waals surface area (Å²) in [5.74, 6) is 0.195. The van der Waals surface area contributed by atoms with Crippen molar-refractivity contribution in [3.05, 3.63) is 68.8 Å². The molecule has 2 aromatic heterocycles. The molecule has 0 aliphatic carbocycles. The topological polar surface area (TPSA) is 81.8 Å². The summed E-state index contributed by atoms with van der Waals surface area (Å²) in [6.45, 7) is 9.54. The van der Waals surface area contributed by atoms with Gasteiger partial charge in [0.25, 0.3) is 5.56 Å². The van der Waals surface area contributed by atoms with Crippen molar-refractivity contribution in [1.82, 2.24) is 19.6 Å². The number of carbonyl (C=O) groups is 1. The van der Waals surface area contributed by atoms with Gasteiger partial charge in [-0.25, -0.2) is 9.36 Å². The number of anilines is 1. The number of hydrogen-bond donors (Lipinski definition) is 1. The monoisotopic (exact) mass is 365 g/mol. The van der Waals surface area contributed by atoms with Crippen molar-refractivity contribution in [3.63, 3.8) is 0 Å². The summed E-state index contributed by atoms with van der Waals surface area (Å²) in [4.78, 5) is 24.7. The lowest BCUT2D eigenvalue weighted by Gasteiger charge is -2.13. The number of benzene rings is 1. The molecule has 7 heteroatoms. The molecule has 0 unspecified atom stereocenters. The molecule has 1 N–H and O–H groups in total. The summed E-state index contributed by atoms with van der Waals surface area (Å²) in [6.07, 6.45) is 0. The number of nitrogens with zero attached hydrogens (tertiary/aromatic N) is 4. The molecule has 1 amide bonds. The molecule has 0 aliphatic rings. The molecule has 2 heterocycles. The largest absolute Gasteiger partial charge is 0.324 e. The van der Waals surface area contributed by atoms with Crippen LogP contribution in [0, 0.1) is 34.6 Å². The summed E-state index contributed by atoms with van der Waals surface area (Å²) < 4.78 is 2.80. The van der Waals surface area contributed by atoms with Gasteiger partial charge in [-0.05, 0) is 57.9 Å². The first-order valence-corrected chi connectivity index (χ1v) is 8.74. The fourth-order valence-electron chi connectivity index (χ4n) is 3.22. The van der Waals surface area contributed by atoms with Crippen LogP contribution in [-0.4, -0.2) is 25.5 Å². The third-order valence-electron chi connectivity index (χ3n) is 4.31. The molecular weight excluding hydrogens is 342 g/mol. The number of carbonyl (C=O) groups excluding carboxylic acids is 1. The first kappa shape index (κ1) is 18.6. The maximum atomic E-state index is 12.5. The van der Waals surface area contributed by atoms with Gasteiger partial charge in [0.15, 0.2) is 5.82 Å². The van der Waals surface area contributed by atoms with Crippen LogP contribution in [-0.2, 0) is 11.3 Å². The van der Waals surface area contributed by atoms with Gasteiger partial charge in [0.1, 0.15) is 6.54 Å². The molecule has 0 radical (unpaired) electrons. The Labute approximate surface area is 157 Å². The number of hydrogen-bond acceptors (Lipinski definition) is 4. The summed E-state index contributed by atoms with van der Waals surface area (Å²) in [6, 6.07) is 8.94. The van der Waals surface area contributed by atoms with Crippen LogP contribution in [0.4, 0.5) is 5.69 Å². The second-order valence-electron chi connectivity index (χ2n) is 6.85. The van der Waals surface area contributed by atoms with E-state index in [1.54, 1.807) is 10.7 Å². The zero-order chi connectivity index (χ0) is 19.7. The molecule has 0 spiro atoms. The molecule has 0 saturated heterocycles. The van der Waals surface area contributed by atoms with Crippen LogP contribution in [0.1, 0.15) is 28.1 Å². The summed E-state index contributed by atoms with van der Waals surface area (Å²) in [5.41, 5.74) is 5.30. The fraction of sp³-hybridized carbons (Fsp3) is 0.300. The van der Waals surface area contributed by atoms with Gasteiger partial charge in [0.05, 0.1) is 5.69 Å². The number of rotatable bonds is 4. The van der Waals surface area contributed by atoms with Crippen molar-refractivity contribution >= 4 is 11.6 Å². The average molecular weight is 365 g/mol. The van der Waals surface area contributed by atoms with E-state index < -0.39 is 0 Å². The fourth-order valence-corrected chi connectivity index (χ4v) is 3.22. The van der Waals surface area contributed by atoms with E-state index in [0.29, 0.717) is 5.82 Å². The van der Waals surface area contributed by atoms with Crippen molar-refractivity contribution in [2.45, 2.75) is 41.2 Å². The Bertz CT molecular complexity index is 1060. The minimum Gasteiger partial charge on any atom is -0.324 e. The molecule has 140 valence electrons. The van der Waals surface area contributed by atoms with Gasteiger partial charge in [0, 0.05) is 17.4 Å². The van der Waals surface area contributed by atoms with Crippen molar-refractivity contribution in [2.24, 2.45) is 0 Å². The summed E-state index contributed by atoms with van der Waals surface area (Å²) >= 11 is 0. The molecule has 3 rings (SSSR count). The van der Waals surface area contributed by atoms with E-state index in [1.165, 1.54) is 6.07 Å². The first-order chi connectivity index (χ1) is 12.7. The van der Waals surface area contributed by atoms with E-state index in [0.717, 1.165) is 38.4 Å². The number of aryl methyl sites for hydroxylation is 5. The highest BCUT2D eigenvalue weighted by Gasteiger charge is 2.12. The molecule has 27 heavy (non-hydrogen) atoms. The lowest BCUT2D eigenvalue weighted by Crippen LogP contribution is -2.30. The van der Waals surface area contributed by atoms with Crippen molar-refractivity contribution in [3.8, 4) is 5.82 Å². The molecular formula is C20H23N5O2. The van der Waals surface area contributed by atoms with Crippen molar-refractivity contribution in [2.75, 3.05) is 5.32 Å². The number of amides is 1. The van der Waals surface area contributed by atoms with Crippen LogP contribution in [0.15, 0.2) is 35.1 Å². The second kappa shape index (κ2) is 7.19. The lowest BCUT2D eigenvalue weighted by molar-refractivity contribution is -0.117. The summed E-state index contributed by atoms with van der Waals surface area (Å²) in [5, 5.41) is 11.6. The maximum Gasteiger partial charge on any atom is 0.267 e. The quantitative estimate of drug-likeness (QED) is 0.770. The van der Waals surface area contributed by atoms with Crippen LogP contribution in [0.2, 0.25) is 0 Å². The standard InChI is InChI=1S/C20H23N5O2/c1-12-8-13(2)20(14(3)9-12)21-18(26)11-24-19(27)7-6-17(23-24)25-16(5)10-15(4)22-25/h6-10H,11H2,1-5H3,(H,21,26). The Kier molecular flexibility index (Phi) is 4.94. The molecule has 0 atom stereocenters. The zero-order valence-corrected chi connectivity index (χ0v) is 16.2. The smallest absolute Gasteiger partial charge is 0.267 e. The van der Waals surface area contributed by atoms with Crippen molar-refractivity contribution in [1.29, 1.82) is 0 Å². The SMILES string of the molecule is Cc1cc(C)c(NC(=O)Cn2nc(-n3nc(C)cc3C)ccc2=O)c(C)c1. The van der Waals surface area contributed by atoms with Gasteiger partial charge in [-0.15, -0.1) is 5.10 Å². The lowest BCUT2D eigenvalue weighted by atomic mass is 10.1. The molecule has 0 bridgehead atoms. The van der Waals surface area contributed by atoms with Gasteiger partial charge in [-0.3, -0.25) is 9.59 Å². The van der Waals surface area contributed by atoms with E-state index in [-0.39, 0.29) is 18.0 Å². The minimum absolute atomic E-state index is 0.168. The van der Waals surface area contributed by atoms with E-state index >= 15 is 0 Å². The predicted octanol–water partition coefficient (Wildman–Crippen LogP) is 2.61. The van der Waals surface area contributed by atoms with Crippen LogP contribution in [0.3, 0.4) is 0 Å². The summed E-state index contributed by atoms with van der Waals surface area (Å²) in [7, 11) is 0. The Balaban J connectivity index is 1.85. The number of aromatic nitrogens is 4. The van der Waals surface area contributed by atoms with Gasteiger partial charge < -0.3 is 5.32 Å². The van der Waals surface area contributed by atoms with E-state index in [9.17, 15) is 9.59 Å². The van der Waals surface area contributed by atoms with Crippen LogP contribution in [0.5, 0.6) is 0 Å². The highest BCUT2D eigenvalue weighted by molar-refractivity contribution is 5.92. The highest BCUT2D eigenvalue weighted by atomic mass is 16.2. The van der Waals surface area contributed by atoms with Crippen molar-refractivity contribution < 1.29 is 4.79 Å². The Morgan fingerprint density at radius 1 is 1.00 bits per heavy atom. The van der Waals surface area contributed by atoms with E-state index in [4.69, 9.17) is 0 Å². The Hall–Kier alpha value is -3.22. The Morgan fingerprint density at radius 2 is 1.67 bits per heavy atom.